The van der Waals surface area contributed by atoms with Gasteiger partial charge in [0.05, 0.1) is 13.2 Å². The highest BCUT2D eigenvalue weighted by atomic mass is 15.4. The normalized spacial score (nSPS) is 12.3. The van der Waals surface area contributed by atoms with Gasteiger partial charge in [-0.3, -0.25) is 0 Å². The van der Waals surface area contributed by atoms with E-state index in [4.69, 9.17) is 0 Å². The molecule has 3 rings (SSSR count). The minimum Gasteiger partial charge on any atom is -0.323 e. The molecule has 2 heterocycles. The van der Waals surface area contributed by atoms with E-state index < -0.39 is 0 Å². The average molecular weight is 253 g/mol. The Morgan fingerprint density at radius 2 is 1.95 bits per heavy atom. The Balaban J connectivity index is 2.38. The number of aromatic nitrogens is 4. The van der Waals surface area contributed by atoms with Crippen LogP contribution in [0.2, 0.25) is 0 Å². The van der Waals surface area contributed by atoms with Crippen molar-refractivity contribution in [1.82, 2.24) is 14.5 Å². The predicted molar refractivity (Wildman–Crippen MR) is 70.8 cm³/mol. The molecule has 0 saturated carbocycles. The molecule has 0 fully saturated rings. The van der Waals surface area contributed by atoms with E-state index >= 15 is 0 Å². The third-order valence-electron chi connectivity index (χ3n) is 3.06. The Morgan fingerprint density at radius 3 is 2.68 bits per heavy atom. The molecular weight excluding hydrogens is 238 g/mol. The van der Waals surface area contributed by atoms with E-state index in [1.165, 1.54) is 0 Å². The van der Waals surface area contributed by atoms with Crippen LogP contribution in [0.4, 0.5) is 5.69 Å². The number of para-hydroxylation sites is 1. The molecule has 3 aromatic rings. The number of hydrogen-bond donors (Lipinski definition) is 0. The summed E-state index contributed by atoms with van der Waals surface area (Å²) >= 11 is 0. The van der Waals surface area contributed by atoms with Crippen molar-refractivity contribution in [1.29, 1.82) is 0 Å². The highest BCUT2D eigenvalue weighted by Crippen LogP contribution is 2.08. The summed E-state index contributed by atoms with van der Waals surface area (Å²) in [6.07, 6.45) is 1.84. The fourth-order valence-electron chi connectivity index (χ4n) is 2.18. The first kappa shape index (κ1) is 11.6. The number of benzene rings is 1. The maximum absolute atomic E-state index is 4.60. The van der Waals surface area contributed by atoms with Crippen LogP contribution >= 0.6 is 0 Å². The molecule has 5 nitrogen and oxygen atoms in total. The molecule has 0 saturated heterocycles. The fourth-order valence-corrected chi connectivity index (χ4v) is 2.18. The second kappa shape index (κ2) is 4.35. The van der Waals surface area contributed by atoms with Gasteiger partial charge in [0.25, 0.3) is 0 Å². The Morgan fingerprint density at radius 1 is 1.21 bits per heavy atom. The molecule has 0 aliphatic carbocycles. The fraction of sp³-hybridized carbons (Fsp3) is 0.214. The lowest BCUT2D eigenvalue weighted by molar-refractivity contribution is -0.710. The largest absolute Gasteiger partial charge is 0.323 e. The monoisotopic (exact) mass is 253 g/mol. The Labute approximate surface area is 110 Å². The summed E-state index contributed by atoms with van der Waals surface area (Å²) in [6.45, 7) is 3.98. The highest BCUT2D eigenvalue weighted by Gasteiger charge is 2.14. The van der Waals surface area contributed by atoms with Crippen LogP contribution < -0.4 is 15.4 Å². The van der Waals surface area contributed by atoms with Crippen LogP contribution in [0.5, 0.6) is 0 Å². The molecular formula is C14H15N5. The van der Waals surface area contributed by atoms with Crippen LogP contribution in [0.3, 0.4) is 0 Å². The summed E-state index contributed by atoms with van der Waals surface area (Å²) in [5, 5.41) is 4.48. The molecule has 0 N–H and O–H groups in total. The summed E-state index contributed by atoms with van der Waals surface area (Å²) in [7, 11) is 1.91. The second-order valence-electron chi connectivity index (χ2n) is 4.51. The van der Waals surface area contributed by atoms with Crippen LogP contribution in [0.25, 0.3) is 5.65 Å². The number of fused-ring (bicyclic) bond motifs is 1. The van der Waals surface area contributed by atoms with Gasteiger partial charge in [-0.1, -0.05) is 30.3 Å². The van der Waals surface area contributed by atoms with Crippen molar-refractivity contribution in [2.24, 2.45) is 12.0 Å². The van der Waals surface area contributed by atoms with Crippen molar-refractivity contribution in [2.75, 3.05) is 0 Å². The highest BCUT2D eigenvalue weighted by molar-refractivity contribution is 5.39. The smallest absolute Gasteiger partial charge is 0.317 e. The van der Waals surface area contributed by atoms with E-state index in [1.54, 1.807) is 0 Å². The number of rotatable bonds is 1. The molecule has 2 aromatic heterocycles. The van der Waals surface area contributed by atoms with Crippen molar-refractivity contribution >= 4 is 11.3 Å². The topological polar surface area (TPSA) is 47.6 Å². The van der Waals surface area contributed by atoms with Crippen molar-refractivity contribution in [2.45, 2.75) is 13.8 Å². The molecule has 0 aliphatic heterocycles. The summed E-state index contributed by atoms with van der Waals surface area (Å²) in [5.74, 6) is 0. The van der Waals surface area contributed by atoms with E-state index in [0.717, 1.165) is 22.7 Å². The molecule has 96 valence electrons. The van der Waals surface area contributed by atoms with Crippen LogP contribution in [0, 0.1) is 13.8 Å². The van der Waals surface area contributed by atoms with Gasteiger partial charge in [-0.15, -0.1) is 0 Å². The molecule has 0 spiro atoms. The van der Waals surface area contributed by atoms with E-state index in [-0.39, 0.29) is 0 Å². The summed E-state index contributed by atoms with van der Waals surface area (Å²) < 4.78 is 3.84. The summed E-state index contributed by atoms with van der Waals surface area (Å²) in [6, 6.07) is 9.83. The zero-order valence-corrected chi connectivity index (χ0v) is 11.2. The molecule has 0 bridgehead atoms. The second-order valence-corrected chi connectivity index (χ2v) is 4.51. The summed E-state index contributed by atoms with van der Waals surface area (Å²) in [4.78, 5) is 8.96. The maximum atomic E-state index is 4.60. The lowest BCUT2D eigenvalue weighted by atomic mass is 10.3. The SMILES string of the molecule is Cc1ncc(C)n2c(=Nc3ccccc3)[n-][n+](C)c12. The van der Waals surface area contributed by atoms with Gasteiger partial charge in [0, 0.05) is 0 Å². The molecule has 0 amide bonds. The number of hydrogen-bond acceptors (Lipinski definition) is 2. The standard InChI is InChI=1S/C14H15N5/c1-10-9-15-11(2)13-18(3)17-14(19(10)13)16-12-7-5-4-6-8-12/h4-9H,1-3H3. The summed E-state index contributed by atoms with van der Waals surface area (Å²) in [5.41, 5.74) is 4.49. The van der Waals surface area contributed by atoms with Crippen molar-refractivity contribution in [3.05, 3.63) is 53.5 Å². The van der Waals surface area contributed by atoms with Crippen LogP contribution in [-0.2, 0) is 7.05 Å². The first-order valence-corrected chi connectivity index (χ1v) is 6.14. The Bertz CT molecular complexity index is 796. The first-order valence-electron chi connectivity index (χ1n) is 6.14. The van der Waals surface area contributed by atoms with E-state index in [1.807, 2.05) is 66.5 Å². The predicted octanol–water partition coefficient (Wildman–Crippen LogP) is 0.965. The van der Waals surface area contributed by atoms with Gasteiger partial charge in [0.15, 0.2) is 0 Å². The van der Waals surface area contributed by atoms with Gasteiger partial charge in [-0.25, -0.2) is 4.98 Å². The van der Waals surface area contributed by atoms with Gasteiger partial charge in [0.1, 0.15) is 11.4 Å². The van der Waals surface area contributed by atoms with Gasteiger partial charge < -0.3 is 4.99 Å². The quantitative estimate of drug-likeness (QED) is 0.607. The van der Waals surface area contributed by atoms with Crippen molar-refractivity contribution in [3.63, 3.8) is 0 Å². The molecule has 0 unspecified atom stereocenters. The molecule has 5 heteroatoms. The van der Waals surface area contributed by atoms with E-state index in [0.29, 0.717) is 5.62 Å². The molecule has 0 aliphatic rings. The number of nitrogens with zero attached hydrogens (tertiary/aromatic N) is 5. The minimum absolute atomic E-state index is 0.673. The molecule has 0 radical (unpaired) electrons. The lowest BCUT2D eigenvalue weighted by Crippen LogP contribution is -2.36. The first-order chi connectivity index (χ1) is 9.16. The third kappa shape index (κ3) is 1.93. The maximum Gasteiger partial charge on any atom is 0.317 e. The van der Waals surface area contributed by atoms with Crippen molar-refractivity contribution in [3.8, 4) is 0 Å². The van der Waals surface area contributed by atoms with E-state index in [2.05, 4.69) is 15.1 Å². The van der Waals surface area contributed by atoms with Gasteiger partial charge in [-0.05, 0) is 19.5 Å². The third-order valence-corrected chi connectivity index (χ3v) is 3.06. The van der Waals surface area contributed by atoms with Crippen LogP contribution in [0.15, 0.2) is 41.5 Å². The van der Waals surface area contributed by atoms with Crippen molar-refractivity contribution < 1.29 is 4.68 Å². The Hall–Kier alpha value is -2.43. The van der Waals surface area contributed by atoms with Crippen LogP contribution in [0.1, 0.15) is 11.4 Å². The molecule has 0 atom stereocenters. The van der Waals surface area contributed by atoms with E-state index in [9.17, 15) is 0 Å². The molecule has 1 aromatic carbocycles. The minimum atomic E-state index is 0.673. The number of aryl methyl sites for hydroxylation is 3. The zero-order valence-electron chi connectivity index (χ0n) is 11.2. The lowest BCUT2D eigenvalue weighted by Gasteiger charge is -1.97. The zero-order chi connectivity index (χ0) is 13.4. The van der Waals surface area contributed by atoms with Crippen LogP contribution in [-0.4, -0.2) is 9.38 Å². The van der Waals surface area contributed by atoms with Gasteiger partial charge >= 0.3 is 5.65 Å². The van der Waals surface area contributed by atoms with Gasteiger partial charge in [-0.2, -0.15) is 14.2 Å². The average Bonchev–Trinajstić information content (AvgIpc) is 2.73. The van der Waals surface area contributed by atoms with Gasteiger partial charge in [0.2, 0.25) is 5.62 Å². The molecule has 19 heavy (non-hydrogen) atoms. The Kier molecular flexibility index (Phi) is 2.67.